The first-order chi connectivity index (χ1) is 35.9. The lowest BCUT2D eigenvalue weighted by Gasteiger charge is -2.23. The van der Waals surface area contributed by atoms with Crippen LogP contribution in [-0.2, 0) is 17.6 Å². The molecule has 370 valence electrons. The van der Waals surface area contributed by atoms with Gasteiger partial charge in [-0.25, -0.2) is 0 Å². The van der Waals surface area contributed by atoms with E-state index in [0.29, 0.717) is 6.61 Å². The molecule has 3 aromatic rings. The molecule has 73 heavy (non-hydrogen) atoms. The highest BCUT2D eigenvalue weighted by Gasteiger charge is 2.18. The molecule has 0 radical (unpaired) electrons. The summed E-state index contributed by atoms with van der Waals surface area (Å²) in [7, 11) is 1.74. The fourth-order valence-electron chi connectivity index (χ4n) is 9.27. The predicted octanol–water partition coefficient (Wildman–Crippen LogP) is 17.5. The molecule has 3 aliphatic carbocycles. The highest BCUT2D eigenvalue weighted by atomic mass is 16.5. The molecule has 0 N–H and O–H groups in total. The summed E-state index contributed by atoms with van der Waals surface area (Å²) in [6.45, 7) is 17.6. The lowest BCUT2D eigenvalue weighted by Crippen LogP contribution is -2.23. The molecule has 4 bridgehead atoms. The Hall–Kier alpha value is -8.06. The molecule has 2 aliphatic heterocycles. The molecular weight excluding hydrogens is 887 g/mol. The average Bonchev–Trinajstić information content (AvgIpc) is 3.64. The van der Waals surface area contributed by atoms with E-state index in [1.54, 1.807) is 19.3 Å². The number of ether oxygens (including phenoxy) is 2. The molecular formula is C70H73NO2. The van der Waals surface area contributed by atoms with E-state index in [1.807, 2.05) is 12.1 Å². The topological polar surface area (TPSA) is 21.7 Å². The third-order valence-electron chi connectivity index (χ3n) is 13.2. The molecule has 1 unspecified atom stereocenters. The van der Waals surface area contributed by atoms with E-state index >= 15 is 0 Å². The van der Waals surface area contributed by atoms with Crippen molar-refractivity contribution in [3.63, 3.8) is 0 Å². The summed E-state index contributed by atoms with van der Waals surface area (Å²) in [5, 5.41) is 0. The maximum absolute atomic E-state index is 6.54. The Morgan fingerprint density at radius 1 is 0.795 bits per heavy atom. The Labute approximate surface area is 438 Å². The van der Waals surface area contributed by atoms with Crippen molar-refractivity contribution in [3.05, 3.63) is 293 Å². The fourth-order valence-corrected chi connectivity index (χ4v) is 9.27. The molecule has 0 saturated heterocycles. The summed E-state index contributed by atoms with van der Waals surface area (Å²) in [6, 6.07) is 24.1. The number of para-hydroxylation sites is 1. The van der Waals surface area contributed by atoms with Crippen LogP contribution in [0, 0.1) is 18.8 Å². The van der Waals surface area contributed by atoms with Crippen molar-refractivity contribution in [1.29, 1.82) is 0 Å². The Kier molecular flexibility index (Phi) is 21.8. The van der Waals surface area contributed by atoms with Gasteiger partial charge in [0.1, 0.15) is 18.1 Å². The molecule has 3 heteroatoms. The number of rotatable bonds is 10. The molecule has 3 nitrogen and oxygen atoms in total. The van der Waals surface area contributed by atoms with E-state index in [-0.39, 0.29) is 5.92 Å². The van der Waals surface area contributed by atoms with Gasteiger partial charge in [0.15, 0.2) is 0 Å². The van der Waals surface area contributed by atoms with Gasteiger partial charge in [-0.2, -0.15) is 0 Å². The van der Waals surface area contributed by atoms with Crippen LogP contribution >= 0.6 is 0 Å². The lowest BCUT2D eigenvalue weighted by molar-refractivity contribution is 0.255. The molecule has 5 aliphatic rings. The minimum atomic E-state index is 0.0658. The second-order valence-corrected chi connectivity index (χ2v) is 18.1. The van der Waals surface area contributed by atoms with Gasteiger partial charge in [-0.15, -0.1) is 12.8 Å². The summed E-state index contributed by atoms with van der Waals surface area (Å²) < 4.78 is 12.2. The largest absolute Gasteiger partial charge is 0.496 e. The number of methoxy groups -OCH3 is 1. The zero-order valence-electron chi connectivity index (χ0n) is 43.4. The zero-order valence-corrected chi connectivity index (χ0v) is 43.4. The number of benzene rings is 3. The first-order valence-electron chi connectivity index (χ1n) is 25.6. The fraction of sp³-hybridized carbons (Fsp3) is 0.200. The van der Waals surface area contributed by atoms with Gasteiger partial charge in [-0.3, -0.25) is 0 Å². The van der Waals surface area contributed by atoms with Crippen LogP contribution in [0.4, 0.5) is 5.69 Å². The van der Waals surface area contributed by atoms with E-state index in [9.17, 15) is 0 Å². The first-order valence-corrected chi connectivity index (χ1v) is 25.6. The Morgan fingerprint density at radius 2 is 1.56 bits per heavy atom. The summed E-state index contributed by atoms with van der Waals surface area (Å²) in [5.41, 5.74) is 17.6. The minimum Gasteiger partial charge on any atom is -0.496 e. The van der Waals surface area contributed by atoms with Crippen molar-refractivity contribution in [2.75, 3.05) is 31.7 Å². The van der Waals surface area contributed by atoms with E-state index in [4.69, 9.17) is 9.47 Å². The van der Waals surface area contributed by atoms with Crippen LogP contribution in [0.2, 0.25) is 0 Å². The van der Waals surface area contributed by atoms with Crippen molar-refractivity contribution >= 4 is 23.4 Å². The molecule has 0 saturated carbocycles. The van der Waals surface area contributed by atoms with Crippen molar-refractivity contribution in [2.24, 2.45) is 5.92 Å². The molecule has 0 amide bonds. The van der Waals surface area contributed by atoms with Gasteiger partial charge < -0.3 is 14.4 Å². The van der Waals surface area contributed by atoms with Gasteiger partial charge in [0.05, 0.1) is 7.11 Å². The average molecular weight is 960 g/mol. The van der Waals surface area contributed by atoms with E-state index < -0.39 is 0 Å². The maximum Gasteiger partial charge on any atom is 0.124 e. The van der Waals surface area contributed by atoms with Crippen molar-refractivity contribution in [2.45, 2.75) is 58.8 Å². The second kappa shape index (κ2) is 29.3. The number of nitrogens with zero attached hydrogens (tertiary/aromatic N) is 1. The highest BCUT2D eigenvalue weighted by molar-refractivity contribution is 5.75. The molecule has 0 aromatic heterocycles. The monoisotopic (exact) mass is 960 g/mol. The Balaban J connectivity index is 0.00000138. The van der Waals surface area contributed by atoms with Gasteiger partial charge in [-0.05, 0) is 143 Å². The van der Waals surface area contributed by atoms with Crippen molar-refractivity contribution in [3.8, 4) is 18.6 Å². The van der Waals surface area contributed by atoms with Gasteiger partial charge in [0, 0.05) is 30.3 Å². The van der Waals surface area contributed by atoms with Crippen LogP contribution in [0.3, 0.4) is 0 Å². The van der Waals surface area contributed by atoms with Crippen LogP contribution in [0.1, 0.15) is 73.8 Å². The van der Waals surface area contributed by atoms with Crippen LogP contribution in [-0.4, -0.2) is 26.8 Å². The van der Waals surface area contributed by atoms with E-state index in [2.05, 4.69) is 240 Å². The Morgan fingerprint density at radius 3 is 2.36 bits per heavy atom. The number of anilines is 1. The number of fused-ring (bicyclic) bond motifs is 2. The number of terminal acetylenes is 1. The summed E-state index contributed by atoms with van der Waals surface area (Å²) in [5.74, 6) is 1.90. The van der Waals surface area contributed by atoms with Crippen LogP contribution in [0.25, 0.3) is 17.7 Å². The molecule has 3 aromatic carbocycles. The zero-order chi connectivity index (χ0) is 51.6. The van der Waals surface area contributed by atoms with E-state index in [0.717, 1.165) is 80.7 Å². The summed E-state index contributed by atoms with van der Waals surface area (Å²) >= 11 is 0. The molecule has 1 atom stereocenters. The van der Waals surface area contributed by atoms with Crippen LogP contribution < -0.4 is 9.64 Å². The SMILES string of the molecule is C#C.C=C1/C=C(C)\C=C/COC2=CC1C=CC=C2/C1=C/CC/C=C(/C(=C/C=C\Cc2ccccc2OC)CC)\C=C/CN(c2ccc(/C3=C/C=C4/C=Cc5cccc(c5C4)/C=C\C3)cc2)CC=CC1.C=CC=C. The minimum absolute atomic E-state index is 0.0658. The second-order valence-electron chi connectivity index (χ2n) is 18.1. The standard InChI is InChI=1S/C64H65NO2.C4H6.C2H2/c1-5-51(20-6-9-24-58-25-10-11-33-63(58)66-4)52-21-7-8-22-55(61-32-16-30-59-47-64(61)67-44-18-19-48(2)45-49(59)3)23-12-13-42-65(43-17-31-52)60-40-38-54(39-41-60)53-26-14-27-56-28-15-29-57-37-35-50(34-36-53)46-62(56)57;1-3-4-2;1-2/h6,9-22,25,27-41,45,47,59H,3,5,7-8,23-24,26,42-44,46H2,1-2,4H3;3-4H,1-2H2;1-2H/b9-6-,13-12?,19-18-,27-14-,31-17-,48-45-,50-34-,51-20+,52-21+,53-36+,55-22+;;. The van der Waals surface area contributed by atoms with Gasteiger partial charge in [0.2, 0.25) is 0 Å². The van der Waals surface area contributed by atoms with E-state index in [1.165, 1.54) is 66.9 Å². The number of hydrogen-bond acceptors (Lipinski definition) is 3. The quantitative estimate of drug-likeness (QED) is 0.115. The highest BCUT2D eigenvalue weighted by Crippen LogP contribution is 2.33. The van der Waals surface area contributed by atoms with Gasteiger partial charge in [0.25, 0.3) is 0 Å². The first kappa shape index (κ1) is 54.3. The summed E-state index contributed by atoms with van der Waals surface area (Å²) in [4.78, 5) is 2.47. The normalized spacial score (nSPS) is 22.8. The van der Waals surface area contributed by atoms with Gasteiger partial charge >= 0.3 is 0 Å². The third kappa shape index (κ3) is 16.0. The molecule has 2 heterocycles. The maximum atomic E-state index is 6.54. The third-order valence-corrected chi connectivity index (χ3v) is 13.2. The molecule has 8 rings (SSSR count). The smallest absolute Gasteiger partial charge is 0.124 e. The van der Waals surface area contributed by atoms with Crippen LogP contribution in [0.15, 0.2) is 265 Å². The van der Waals surface area contributed by atoms with Crippen molar-refractivity contribution in [1.82, 2.24) is 0 Å². The van der Waals surface area contributed by atoms with Crippen LogP contribution in [0.5, 0.6) is 5.75 Å². The lowest BCUT2D eigenvalue weighted by atomic mass is 9.88. The molecule has 0 fully saturated rings. The predicted molar refractivity (Wildman–Crippen MR) is 317 cm³/mol. The summed E-state index contributed by atoms with van der Waals surface area (Å²) in [6.07, 6.45) is 67.5. The van der Waals surface area contributed by atoms with Gasteiger partial charge in [-0.1, -0.05) is 214 Å². The number of allylic oxidation sites excluding steroid dienone is 26. The number of hydrogen-bond donors (Lipinski definition) is 0. The Bertz CT molecular complexity index is 2920. The van der Waals surface area contributed by atoms with Crippen molar-refractivity contribution < 1.29 is 9.47 Å². The molecule has 0 spiro atoms.